The van der Waals surface area contributed by atoms with Crippen molar-refractivity contribution >= 4 is 18.0 Å². The van der Waals surface area contributed by atoms with Crippen molar-refractivity contribution in [3.63, 3.8) is 0 Å². The molecule has 1 aliphatic carbocycles. The molecule has 8 heteroatoms. The summed E-state index contributed by atoms with van der Waals surface area (Å²) in [4.78, 5) is 36.7. The number of carbonyl (C=O) groups excluding carboxylic acids is 2. The first kappa shape index (κ1) is 22.8. The van der Waals surface area contributed by atoms with Crippen LogP contribution in [0.25, 0.3) is 11.1 Å². The minimum Gasteiger partial charge on any atom is -0.479 e. The third-order valence-corrected chi connectivity index (χ3v) is 6.49. The molecule has 2 aliphatic rings. The second-order valence-corrected chi connectivity index (χ2v) is 8.49. The van der Waals surface area contributed by atoms with Gasteiger partial charge in [0, 0.05) is 25.5 Å². The number of nitrogens with one attached hydrogen (secondary N) is 2. The molecule has 1 fully saturated rings. The first-order valence-electron chi connectivity index (χ1n) is 11.2. The van der Waals surface area contributed by atoms with Gasteiger partial charge in [0.15, 0.2) is 5.54 Å². The summed E-state index contributed by atoms with van der Waals surface area (Å²) in [5.74, 6) is -2.18. The molecule has 174 valence electrons. The van der Waals surface area contributed by atoms with Crippen LogP contribution in [0.1, 0.15) is 36.8 Å². The van der Waals surface area contributed by atoms with Gasteiger partial charge in [-0.05, 0) is 28.7 Å². The molecule has 0 bridgehead atoms. The lowest BCUT2D eigenvalue weighted by Gasteiger charge is -2.26. The van der Waals surface area contributed by atoms with Crippen molar-refractivity contribution in [3.8, 4) is 11.1 Å². The molecule has 2 aromatic carbocycles. The molecule has 33 heavy (non-hydrogen) atoms. The SMILES string of the molecule is CCC(CNC(=O)OCC1c2ccccc2-c2ccccc21)C(=O)NC1(C(=O)O)CCOC1. The maximum atomic E-state index is 12.7. The molecule has 1 heterocycles. The molecule has 2 aromatic rings. The maximum absolute atomic E-state index is 12.7. The van der Waals surface area contributed by atoms with Gasteiger partial charge >= 0.3 is 12.1 Å². The number of carboxylic acids is 1. The first-order chi connectivity index (χ1) is 15.9. The van der Waals surface area contributed by atoms with Gasteiger partial charge in [0.05, 0.1) is 12.5 Å². The second-order valence-electron chi connectivity index (χ2n) is 8.49. The van der Waals surface area contributed by atoms with Crippen molar-refractivity contribution in [2.24, 2.45) is 5.92 Å². The van der Waals surface area contributed by atoms with Crippen LogP contribution in [0.4, 0.5) is 4.79 Å². The Morgan fingerprint density at radius 2 is 1.76 bits per heavy atom. The molecule has 0 radical (unpaired) electrons. The van der Waals surface area contributed by atoms with Crippen molar-refractivity contribution in [2.75, 3.05) is 26.4 Å². The fraction of sp³-hybridized carbons (Fsp3) is 0.400. The molecule has 2 unspecified atom stereocenters. The van der Waals surface area contributed by atoms with Gasteiger partial charge in [0.25, 0.3) is 0 Å². The van der Waals surface area contributed by atoms with E-state index in [2.05, 4.69) is 22.8 Å². The van der Waals surface area contributed by atoms with Crippen LogP contribution in [0.3, 0.4) is 0 Å². The number of benzene rings is 2. The number of hydrogen-bond donors (Lipinski definition) is 3. The number of amides is 2. The van der Waals surface area contributed by atoms with Crippen molar-refractivity contribution in [2.45, 2.75) is 31.2 Å². The highest BCUT2D eigenvalue weighted by molar-refractivity contribution is 5.88. The van der Waals surface area contributed by atoms with E-state index in [-0.39, 0.29) is 38.7 Å². The van der Waals surface area contributed by atoms with Gasteiger partial charge in [-0.3, -0.25) is 4.79 Å². The van der Waals surface area contributed by atoms with Crippen molar-refractivity contribution in [3.05, 3.63) is 59.7 Å². The van der Waals surface area contributed by atoms with Gasteiger partial charge in [-0.15, -0.1) is 0 Å². The van der Waals surface area contributed by atoms with E-state index in [1.165, 1.54) is 0 Å². The Morgan fingerprint density at radius 3 is 2.30 bits per heavy atom. The summed E-state index contributed by atoms with van der Waals surface area (Å²) in [6.45, 7) is 2.26. The van der Waals surface area contributed by atoms with E-state index in [1.54, 1.807) is 0 Å². The van der Waals surface area contributed by atoms with Crippen LogP contribution in [0.5, 0.6) is 0 Å². The molecule has 0 saturated carbocycles. The minimum atomic E-state index is -1.41. The van der Waals surface area contributed by atoms with Crippen LogP contribution in [0, 0.1) is 5.92 Å². The predicted molar refractivity (Wildman–Crippen MR) is 121 cm³/mol. The second kappa shape index (κ2) is 9.62. The van der Waals surface area contributed by atoms with E-state index in [0.29, 0.717) is 6.42 Å². The van der Waals surface area contributed by atoms with E-state index in [9.17, 15) is 19.5 Å². The first-order valence-corrected chi connectivity index (χ1v) is 11.2. The monoisotopic (exact) mass is 452 g/mol. The molecule has 2 amide bonds. The Morgan fingerprint density at radius 1 is 1.12 bits per heavy atom. The number of carboxylic acid groups (broad SMARTS) is 1. The van der Waals surface area contributed by atoms with Crippen LogP contribution in [-0.2, 0) is 19.1 Å². The molecule has 0 aromatic heterocycles. The smallest absolute Gasteiger partial charge is 0.407 e. The highest BCUT2D eigenvalue weighted by Gasteiger charge is 2.44. The number of alkyl carbamates (subject to hydrolysis) is 1. The van der Waals surface area contributed by atoms with Crippen LogP contribution < -0.4 is 10.6 Å². The molecule has 2 atom stereocenters. The highest BCUT2D eigenvalue weighted by Crippen LogP contribution is 2.44. The van der Waals surface area contributed by atoms with E-state index in [4.69, 9.17) is 9.47 Å². The normalized spacial score (nSPS) is 19.9. The average Bonchev–Trinajstić information content (AvgIpc) is 3.42. The van der Waals surface area contributed by atoms with E-state index in [0.717, 1.165) is 22.3 Å². The number of fused-ring (bicyclic) bond motifs is 3. The lowest BCUT2D eigenvalue weighted by atomic mass is 9.96. The third kappa shape index (κ3) is 4.57. The van der Waals surface area contributed by atoms with Gasteiger partial charge in [-0.1, -0.05) is 55.5 Å². The van der Waals surface area contributed by atoms with Gasteiger partial charge < -0.3 is 25.2 Å². The number of aliphatic carboxylic acids is 1. The molecular formula is C25H28N2O6. The zero-order chi connectivity index (χ0) is 23.4. The van der Waals surface area contributed by atoms with Crippen LogP contribution in [0.2, 0.25) is 0 Å². The summed E-state index contributed by atoms with van der Waals surface area (Å²) < 4.78 is 10.7. The van der Waals surface area contributed by atoms with Gasteiger partial charge in [-0.25, -0.2) is 9.59 Å². The zero-order valence-corrected chi connectivity index (χ0v) is 18.5. The average molecular weight is 453 g/mol. The third-order valence-electron chi connectivity index (χ3n) is 6.49. The molecule has 1 saturated heterocycles. The lowest BCUT2D eigenvalue weighted by molar-refractivity contribution is -0.148. The van der Waals surface area contributed by atoms with Gasteiger partial charge in [-0.2, -0.15) is 0 Å². The van der Waals surface area contributed by atoms with E-state index >= 15 is 0 Å². The summed E-state index contributed by atoms with van der Waals surface area (Å²) in [5, 5.41) is 14.8. The molecule has 8 nitrogen and oxygen atoms in total. The van der Waals surface area contributed by atoms with Gasteiger partial charge in [0.1, 0.15) is 6.61 Å². The zero-order valence-electron chi connectivity index (χ0n) is 18.5. The number of rotatable bonds is 8. The molecule has 3 N–H and O–H groups in total. The fourth-order valence-corrected chi connectivity index (χ4v) is 4.50. The van der Waals surface area contributed by atoms with Crippen molar-refractivity contribution in [1.82, 2.24) is 10.6 Å². The fourth-order valence-electron chi connectivity index (χ4n) is 4.50. The predicted octanol–water partition coefficient (Wildman–Crippen LogP) is 2.91. The van der Waals surface area contributed by atoms with Crippen LogP contribution >= 0.6 is 0 Å². The summed E-state index contributed by atoms with van der Waals surface area (Å²) in [7, 11) is 0. The summed E-state index contributed by atoms with van der Waals surface area (Å²) in [6.07, 6.45) is 0.0383. The lowest BCUT2D eigenvalue weighted by Crippen LogP contribution is -2.57. The standard InChI is InChI=1S/C25H28N2O6/c1-2-16(22(28)27-25(23(29)30)11-12-32-15-25)13-26-24(31)33-14-21-19-9-5-3-7-17(19)18-8-4-6-10-20(18)21/h3-10,16,21H,2,11-15H2,1H3,(H,26,31)(H,27,28)(H,29,30). The van der Waals surface area contributed by atoms with Crippen molar-refractivity contribution < 1.29 is 29.0 Å². The molecule has 4 rings (SSSR count). The Hall–Kier alpha value is -3.39. The topological polar surface area (TPSA) is 114 Å². The molecule has 0 spiro atoms. The van der Waals surface area contributed by atoms with Gasteiger partial charge in [0.2, 0.25) is 5.91 Å². The quantitative estimate of drug-likeness (QED) is 0.568. The largest absolute Gasteiger partial charge is 0.479 e. The number of ether oxygens (including phenoxy) is 2. The Kier molecular flexibility index (Phi) is 6.65. The van der Waals surface area contributed by atoms with E-state index in [1.807, 2.05) is 43.3 Å². The van der Waals surface area contributed by atoms with Crippen LogP contribution in [0.15, 0.2) is 48.5 Å². The van der Waals surface area contributed by atoms with Crippen molar-refractivity contribution in [1.29, 1.82) is 0 Å². The summed E-state index contributed by atoms with van der Waals surface area (Å²) >= 11 is 0. The van der Waals surface area contributed by atoms with Crippen LogP contribution in [-0.4, -0.2) is 55.0 Å². The molecular weight excluding hydrogens is 424 g/mol. The van der Waals surface area contributed by atoms with E-state index < -0.39 is 29.4 Å². The minimum absolute atomic E-state index is 0.0498. The summed E-state index contributed by atoms with van der Waals surface area (Å²) in [6, 6.07) is 16.2. The highest BCUT2D eigenvalue weighted by atomic mass is 16.5. The number of hydrogen-bond acceptors (Lipinski definition) is 5. The number of carbonyl (C=O) groups is 3. The Balaban J connectivity index is 1.33. The molecule has 1 aliphatic heterocycles. The Labute approximate surface area is 192 Å². The maximum Gasteiger partial charge on any atom is 0.407 e. The Bertz CT molecular complexity index is 1000. The summed E-state index contributed by atoms with van der Waals surface area (Å²) in [5.41, 5.74) is 3.13.